The summed E-state index contributed by atoms with van der Waals surface area (Å²) in [5, 5.41) is 10.6. The summed E-state index contributed by atoms with van der Waals surface area (Å²) in [4.78, 5) is 73.0. The molecule has 6 atom stereocenters. The van der Waals surface area contributed by atoms with Crippen molar-refractivity contribution in [1.82, 2.24) is 0 Å². The van der Waals surface area contributed by atoms with Gasteiger partial charge >= 0.3 is 39.5 Å². The number of aliphatic hydroxyl groups excluding tert-OH is 1. The number of carbonyl (C=O) groups is 4. The summed E-state index contributed by atoms with van der Waals surface area (Å²) < 4.78 is 68.7. The molecular formula is C82H160O17P2. The van der Waals surface area contributed by atoms with Gasteiger partial charge in [0.25, 0.3) is 0 Å². The Hall–Kier alpha value is -1.94. The zero-order valence-corrected chi connectivity index (χ0v) is 68.3. The first-order valence-electron chi connectivity index (χ1n) is 42.2. The number of phosphoric ester groups is 2. The van der Waals surface area contributed by atoms with Crippen LogP contribution in [0.3, 0.4) is 0 Å². The number of ether oxygens (including phenoxy) is 4. The van der Waals surface area contributed by atoms with Crippen LogP contribution in [-0.2, 0) is 65.4 Å². The van der Waals surface area contributed by atoms with Gasteiger partial charge in [-0.25, -0.2) is 9.13 Å². The Morgan fingerprint density at radius 3 is 0.703 bits per heavy atom. The van der Waals surface area contributed by atoms with Crippen molar-refractivity contribution >= 4 is 39.5 Å². The standard InChI is InChI=1S/C82H160O17P2/c1-9-75(8)61-53-45-37-29-25-21-17-12-10-11-13-18-22-26-30-38-48-56-64-81(86)98-77(68-92-79(84)62-54-46-40-32-35-43-51-59-73(4)5)70-96-100(88,89)94-66-76(83)67-95-101(90,91)97-71-78(69-93-80(85)63-55-47-41-33-36-44-52-60-74(6)7)99-82(87)65-57-49-39-31-27-23-19-15-14-16-20-24-28-34-42-50-58-72(2)3/h72-78,83H,9-71H2,1-8H3,(H,88,89)(H,90,91)/t75?,76?,77-,78-/m1/s1. The largest absolute Gasteiger partial charge is 0.472 e. The van der Waals surface area contributed by atoms with Crippen molar-refractivity contribution in [2.45, 2.75) is 440 Å². The van der Waals surface area contributed by atoms with Crippen LogP contribution in [0.4, 0.5) is 0 Å². The normalized spacial score (nSPS) is 14.3. The Morgan fingerprint density at radius 1 is 0.277 bits per heavy atom. The highest BCUT2D eigenvalue weighted by molar-refractivity contribution is 7.47. The Labute approximate surface area is 619 Å². The quantitative estimate of drug-likeness (QED) is 0.0222. The van der Waals surface area contributed by atoms with Crippen molar-refractivity contribution in [3.05, 3.63) is 0 Å². The summed E-state index contributed by atoms with van der Waals surface area (Å²) in [7, 11) is -9.92. The molecule has 101 heavy (non-hydrogen) atoms. The highest BCUT2D eigenvalue weighted by atomic mass is 31.2. The van der Waals surface area contributed by atoms with Crippen LogP contribution in [0.1, 0.15) is 421 Å². The van der Waals surface area contributed by atoms with Gasteiger partial charge < -0.3 is 33.8 Å². The van der Waals surface area contributed by atoms with E-state index in [4.69, 9.17) is 37.0 Å². The van der Waals surface area contributed by atoms with E-state index >= 15 is 0 Å². The molecule has 0 aromatic rings. The number of aliphatic hydroxyl groups is 1. The van der Waals surface area contributed by atoms with Crippen LogP contribution in [0.2, 0.25) is 0 Å². The molecular weight excluding hydrogens is 1320 g/mol. The fourth-order valence-electron chi connectivity index (χ4n) is 12.6. The summed E-state index contributed by atoms with van der Waals surface area (Å²) in [5.41, 5.74) is 0. The summed E-state index contributed by atoms with van der Waals surface area (Å²) in [6, 6.07) is 0. The van der Waals surface area contributed by atoms with Gasteiger partial charge in [0.15, 0.2) is 12.2 Å². The molecule has 0 aliphatic rings. The summed E-state index contributed by atoms with van der Waals surface area (Å²) in [6.07, 6.45) is 58.6. The smallest absolute Gasteiger partial charge is 0.462 e. The van der Waals surface area contributed by atoms with Crippen molar-refractivity contribution in [1.29, 1.82) is 0 Å². The molecule has 0 radical (unpaired) electrons. The van der Waals surface area contributed by atoms with Gasteiger partial charge in [-0.3, -0.25) is 37.3 Å². The van der Waals surface area contributed by atoms with Crippen molar-refractivity contribution in [2.24, 2.45) is 23.7 Å². The van der Waals surface area contributed by atoms with E-state index in [0.717, 1.165) is 115 Å². The molecule has 0 rings (SSSR count). The van der Waals surface area contributed by atoms with E-state index in [0.29, 0.717) is 37.5 Å². The van der Waals surface area contributed by atoms with Gasteiger partial charge in [-0.1, -0.05) is 370 Å². The van der Waals surface area contributed by atoms with Gasteiger partial charge in [-0.15, -0.1) is 0 Å². The maximum atomic E-state index is 13.1. The molecule has 0 bridgehead atoms. The van der Waals surface area contributed by atoms with Gasteiger partial charge in [-0.05, 0) is 49.4 Å². The predicted molar refractivity (Wildman–Crippen MR) is 414 cm³/mol. The van der Waals surface area contributed by atoms with Gasteiger partial charge in [0, 0.05) is 25.7 Å². The van der Waals surface area contributed by atoms with Crippen LogP contribution in [0.15, 0.2) is 0 Å². The molecule has 3 N–H and O–H groups in total. The predicted octanol–water partition coefficient (Wildman–Crippen LogP) is 24.4. The van der Waals surface area contributed by atoms with Gasteiger partial charge in [0.2, 0.25) is 0 Å². The second kappa shape index (κ2) is 71.0. The molecule has 0 saturated heterocycles. The lowest BCUT2D eigenvalue weighted by Gasteiger charge is -2.21. The van der Waals surface area contributed by atoms with E-state index in [-0.39, 0.29) is 25.7 Å². The minimum Gasteiger partial charge on any atom is -0.462 e. The van der Waals surface area contributed by atoms with Crippen molar-refractivity contribution < 1.29 is 80.2 Å². The van der Waals surface area contributed by atoms with E-state index in [1.165, 1.54) is 212 Å². The molecule has 0 aromatic heterocycles. The molecule has 19 heteroatoms. The number of hydrogen-bond acceptors (Lipinski definition) is 15. The number of rotatable bonds is 79. The first-order chi connectivity index (χ1) is 48.6. The van der Waals surface area contributed by atoms with Crippen LogP contribution in [0, 0.1) is 23.7 Å². The van der Waals surface area contributed by atoms with Crippen LogP contribution in [0.25, 0.3) is 0 Å². The number of esters is 4. The number of phosphoric acid groups is 2. The SMILES string of the molecule is CCC(C)CCCCCCCCCCCCCCCCCCCCC(=O)O[C@H](COC(=O)CCCCCCCCCC(C)C)COP(=O)(O)OCC(O)COP(=O)(O)OC[C@@H](COC(=O)CCCCCCCCCC(C)C)OC(=O)CCCCCCCCCCCCCCCCCCC(C)C. The lowest BCUT2D eigenvalue weighted by Crippen LogP contribution is -2.30. The number of hydrogen-bond donors (Lipinski definition) is 3. The zero-order valence-electron chi connectivity index (χ0n) is 66.5. The Balaban J connectivity index is 5.15. The molecule has 0 spiro atoms. The fraction of sp³-hybridized carbons (Fsp3) is 0.951. The summed E-state index contributed by atoms with van der Waals surface area (Å²) in [5.74, 6) is 0.974. The Kier molecular flexibility index (Phi) is 69.6. The molecule has 0 heterocycles. The Bertz CT molecular complexity index is 1970. The van der Waals surface area contributed by atoms with Gasteiger partial charge in [0.1, 0.15) is 19.3 Å². The first-order valence-corrected chi connectivity index (χ1v) is 45.2. The van der Waals surface area contributed by atoms with Gasteiger partial charge in [0.05, 0.1) is 26.4 Å². The molecule has 0 fully saturated rings. The highest BCUT2D eigenvalue weighted by Gasteiger charge is 2.30. The zero-order chi connectivity index (χ0) is 74.6. The third kappa shape index (κ3) is 74.7. The minimum absolute atomic E-state index is 0.107. The average Bonchev–Trinajstić information content (AvgIpc) is 0.936. The second-order valence-corrected chi connectivity index (χ2v) is 34.1. The van der Waals surface area contributed by atoms with Crippen LogP contribution >= 0.6 is 15.6 Å². The van der Waals surface area contributed by atoms with Crippen molar-refractivity contribution in [2.75, 3.05) is 39.6 Å². The second-order valence-electron chi connectivity index (χ2n) is 31.2. The monoisotopic (exact) mass is 1480 g/mol. The van der Waals surface area contributed by atoms with Gasteiger partial charge in [-0.2, -0.15) is 0 Å². The molecule has 17 nitrogen and oxygen atoms in total. The van der Waals surface area contributed by atoms with E-state index in [9.17, 15) is 43.2 Å². The third-order valence-electron chi connectivity index (χ3n) is 19.4. The fourth-order valence-corrected chi connectivity index (χ4v) is 14.2. The average molecular weight is 1480 g/mol. The maximum absolute atomic E-state index is 13.1. The molecule has 0 saturated carbocycles. The summed E-state index contributed by atoms with van der Waals surface area (Å²) in [6.45, 7) is 14.2. The van der Waals surface area contributed by atoms with Crippen LogP contribution in [0.5, 0.6) is 0 Å². The third-order valence-corrected chi connectivity index (χ3v) is 21.3. The van der Waals surface area contributed by atoms with Crippen molar-refractivity contribution in [3.63, 3.8) is 0 Å². The first kappa shape index (κ1) is 99.1. The van der Waals surface area contributed by atoms with Crippen LogP contribution < -0.4 is 0 Å². The van der Waals surface area contributed by atoms with E-state index < -0.39 is 97.5 Å². The molecule has 4 unspecified atom stereocenters. The molecule has 600 valence electrons. The molecule has 0 aliphatic carbocycles. The van der Waals surface area contributed by atoms with E-state index in [2.05, 4.69) is 55.4 Å². The molecule has 0 amide bonds. The maximum Gasteiger partial charge on any atom is 0.472 e. The van der Waals surface area contributed by atoms with Crippen LogP contribution in [-0.4, -0.2) is 96.7 Å². The molecule has 0 aliphatic heterocycles. The molecule has 0 aromatic carbocycles. The lowest BCUT2D eigenvalue weighted by atomic mass is 9.99. The van der Waals surface area contributed by atoms with Crippen molar-refractivity contribution in [3.8, 4) is 0 Å². The lowest BCUT2D eigenvalue weighted by molar-refractivity contribution is -0.161. The topological polar surface area (TPSA) is 237 Å². The summed E-state index contributed by atoms with van der Waals surface area (Å²) >= 11 is 0. The Morgan fingerprint density at radius 2 is 0.475 bits per heavy atom. The number of unbranched alkanes of at least 4 members (excludes halogenated alkanes) is 44. The van der Waals surface area contributed by atoms with E-state index in [1.807, 2.05) is 0 Å². The minimum atomic E-state index is -4.96. The number of carbonyl (C=O) groups excluding carboxylic acids is 4. The highest BCUT2D eigenvalue weighted by Crippen LogP contribution is 2.45. The van der Waals surface area contributed by atoms with E-state index in [1.54, 1.807) is 0 Å².